The van der Waals surface area contributed by atoms with Crippen LogP contribution in [0.2, 0.25) is 0 Å². The average Bonchev–Trinajstić information content (AvgIpc) is 3.11. The highest BCUT2D eigenvalue weighted by Gasteiger charge is 2.38. The molecule has 0 radical (unpaired) electrons. The summed E-state index contributed by atoms with van der Waals surface area (Å²) in [5.74, 6) is -0.134. The van der Waals surface area contributed by atoms with Crippen LogP contribution in [0.1, 0.15) is 55.9 Å². The van der Waals surface area contributed by atoms with E-state index < -0.39 is 21.5 Å². The van der Waals surface area contributed by atoms with Gasteiger partial charge in [-0.15, -0.1) is 0 Å². The van der Waals surface area contributed by atoms with Gasteiger partial charge in [-0.1, -0.05) is 0 Å². The van der Waals surface area contributed by atoms with E-state index in [9.17, 15) is 18.0 Å². The smallest absolute Gasteiger partial charge is 0.410 e. The first-order chi connectivity index (χ1) is 13.4. The van der Waals surface area contributed by atoms with Crippen LogP contribution in [0.15, 0.2) is 0 Å². The second kappa shape index (κ2) is 7.62. The Morgan fingerprint density at radius 3 is 2.55 bits per heavy atom. The number of hydrogen-bond acceptors (Lipinski definition) is 6. The summed E-state index contributed by atoms with van der Waals surface area (Å²) in [5.41, 5.74) is 1.33. The summed E-state index contributed by atoms with van der Waals surface area (Å²) in [7, 11) is -1.39. The minimum Gasteiger partial charge on any atom is -0.444 e. The second-order valence-electron chi connectivity index (χ2n) is 8.70. The lowest BCUT2D eigenvalue weighted by molar-refractivity contribution is 0.0221. The summed E-state index contributed by atoms with van der Waals surface area (Å²) in [6.07, 6.45) is 0.575. The fourth-order valence-electron chi connectivity index (χ4n) is 3.98. The summed E-state index contributed by atoms with van der Waals surface area (Å²) < 4.78 is 30.8. The lowest BCUT2D eigenvalue weighted by Crippen LogP contribution is -2.43. The lowest BCUT2D eigenvalue weighted by atomic mass is 10.0. The number of ether oxygens (including phenoxy) is 1. The average molecular weight is 427 g/mol. The molecule has 0 spiro atoms. The molecule has 3 heterocycles. The minimum absolute atomic E-state index is 0.00332. The van der Waals surface area contributed by atoms with E-state index >= 15 is 0 Å². The Morgan fingerprint density at radius 1 is 1.31 bits per heavy atom. The number of carbonyl (C=O) groups excluding carboxylic acids is 2. The molecule has 9 nitrogen and oxygen atoms in total. The Morgan fingerprint density at radius 2 is 2.00 bits per heavy atom. The minimum atomic E-state index is -3.10. The highest BCUT2D eigenvalue weighted by Crippen LogP contribution is 2.26. The molecule has 1 fully saturated rings. The van der Waals surface area contributed by atoms with Gasteiger partial charge in [-0.3, -0.25) is 9.48 Å². The van der Waals surface area contributed by atoms with Crippen LogP contribution in [0.3, 0.4) is 0 Å². The normalized spacial score (nSPS) is 21.0. The van der Waals surface area contributed by atoms with Gasteiger partial charge in [0, 0.05) is 38.2 Å². The van der Waals surface area contributed by atoms with Crippen LogP contribution in [0, 0.1) is 0 Å². The van der Waals surface area contributed by atoms with E-state index in [0.29, 0.717) is 37.2 Å². The standard InChI is InChI=1S/C19H30N4O5S/c1-6-23(13-8-10-29(26,27)12-13)17(24)16-14-11-22(18(25)28-19(2,3)4)9-7-15(14)20-21(16)5/h13H,6-12H2,1-5H3. The lowest BCUT2D eigenvalue weighted by Gasteiger charge is -2.31. The highest BCUT2D eigenvalue weighted by atomic mass is 32.2. The Balaban J connectivity index is 1.86. The zero-order chi connectivity index (χ0) is 21.6. The van der Waals surface area contributed by atoms with E-state index in [4.69, 9.17) is 4.74 Å². The number of hydrogen-bond donors (Lipinski definition) is 0. The monoisotopic (exact) mass is 426 g/mol. The summed E-state index contributed by atoms with van der Waals surface area (Å²) in [6.45, 7) is 8.42. The van der Waals surface area contributed by atoms with Crippen molar-refractivity contribution < 1.29 is 22.7 Å². The topological polar surface area (TPSA) is 102 Å². The van der Waals surface area contributed by atoms with Gasteiger partial charge in [0.25, 0.3) is 5.91 Å². The number of carbonyl (C=O) groups is 2. The van der Waals surface area contributed by atoms with Crippen molar-refractivity contribution in [3.8, 4) is 0 Å². The molecule has 1 atom stereocenters. The van der Waals surface area contributed by atoms with Crippen LogP contribution in [0.5, 0.6) is 0 Å². The van der Waals surface area contributed by atoms with Crippen LogP contribution in [0.4, 0.5) is 4.79 Å². The Kier molecular flexibility index (Phi) is 5.68. The van der Waals surface area contributed by atoms with E-state index in [2.05, 4.69) is 5.10 Å². The quantitative estimate of drug-likeness (QED) is 0.723. The molecule has 0 aliphatic carbocycles. The number of nitrogens with zero attached hydrogens (tertiary/aromatic N) is 4. The third-order valence-electron chi connectivity index (χ3n) is 5.30. The molecular weight excluding hydrogens is 396 g/mol. The molecule has 29 heavy (non-hydrogen) atoms. The molecule has 1 aromatic heterocycles. The van der Waals surface area contributed by atoms with E-state index in [1.54, 1.807) is 21.5 Å². The summed E-state index contributed by atoms with van der Waals surface area (Å²) in [5, 5.41) is 4.48. The maximum atomic E-state index is 13.4. The second-order valence-corrected chi connectivity index (χ2v) is 10.9. The molecule has 2 amide bonds. The number of fused-ring (bicyclic) bond motifs is 1. The van der Waals surface area contributed by atoms with Gasteiger partial charge >= 0.3 is 6.09 Å². The van der Waals surface area contributed by atoms with Gasteiger partial charge < -0.3 is 14.5 Å². The van der Waals surface area contributed by atoms with Gasteiger partial charge in [0.1, 0.15) is 11.3 Å². The van der Waals surface area contributed by atoms with Crippen molar-refractivity contribution in [1.29, 1.82) is 0 Å². The van der Waals surface area contributed by atoms with Gasteiger partial charge in [-0.25, -0.2) is 13.2 Å². The largest absolute Gasteiger partial charge is 0.444 e. The third kappa shape index (κ3) is 4.57. The molecule has 3 rings (SSSR count). The first kappa shape index (κ1) is 21.6. The predicted octanol–water partition coefficient (Wildman–Crippen LogP) is 1.36. The van der Waals surface area contributed by atoms with Crippen molar-refractivity contribution in [2.75, 3.05) is 24.6 Å². The van der Waals surface area contributed by atoms with E-state index in [1.807, 2.05) is 27.7 Å². The Bertz CT molecular complexity index is 916. The summed E-state index contributed by atoms with van der Waals surface area (Å²) in [4.78, 5) is 29.1. The molecule has 2 aliphatic heterocycles. The molecule has 0 N–H and O–H groups in total. The van der Waals surface area contributed by atoms with Crippen molar-refractivity contribution >= 4 is 21.8 Å². The van der Waals surface area contributed by atoms with Crippen molar-refractivity contribution in [1.82, 2.24) is 19.6 Å². The maximum Gasteiger partial charge on any atom is 0.410 e. The number of sulfone groups is 1. The zero-order valence-electron chi connectivity index (χ0n) is 17.8. The first-order valence-electron chi connectivity index (χ1n) is 9.96. The zero-order valence-corrected chi connectivity index (χ0v) is 18.6. The fraction of sp³-hybridized carbons (Fsp3) is 0.737. The molecule has 162 valence electrons. The van der Waals surface area contributed by atoms with Crippen molar-refractivity contribution in [2.24, 2.45) is 7.05 Å². The van der Waals surface area contributed by atoms with Crippen molar-refractivity contribution in [3.05, 3.63) is 17.0 Å². The molecule has 1 aromatic rings. The van der Waals surface area contributed by atoms with Gasteiger partial charge in [0.15, 0.2) is 9.84 Å². The maximum absolute atomic E-state index is 13.4. The van der Waals surface area contributed by atoms with Crippen LogP contribution in [0.25, 0.3) is 0 Å². The van der Waals surface area contributed by atoms with Gasteiger partial charge in [-0.05, 0) is 34.1 Å². The van der Waals surface area contributed by atoms with Gasteiger partial charge in [0.05, 0.1) is 23.7 Å². The number of amides is 2. The fourth-order valence-corrected chi connectivity index (χ4v) is 5.71. The summed E-state index contributed by atoms with van der Waals surface area (Å²) in [6, 6.07) is -0.325. The number of aryl methyl sites for hydroxylation is 1. The molecule has 0 bridgehead atoms. The molecule has 10 heteroatoms. The third-order valence-corrected chi connectivity index (χ3v) is 7.05. The Hall–Kier alpha value is -2.10. The predicted molar refractivity (Wildman–Crippen MR) is 107 cm³/mol. The van der Waals surface area contributed by atoms with E-state index in [-0.39, 0.29) is 30.0 Å². The van der Waals surface area contributed by atoms with Crippen molar-refractivity contribution in [2.45, 2.75) is 58.7 Å². The molecule has 0 aromatic carbocycles. The molecular formula is C19H30N4O5S. The molecule has 2 aliphatic rings. The molecule has 0 saturated carbocycles. The van der Waals surface area contributed by atoms with Crippen LogP contribution in [-0.2, 0) is 34.6 Å². The van der Waals surface area contributed by atoms with Crippen LogP contribution >= 0.6 is 0 Å². The number of rotatable bonds is 3. The van der Waals surface area contributed by atoms with Gasteiger partial charge in [-0.2, -0.15) is 5.10 Å². The van der Waals surface area contributed by atoms with Gasteiger partial charge in [0.2, 0.25) is 0 Å². The Labute approximate surface area is 171 Å². The molecule has 1 unspecified atom stereocenters. The SMILES string of the molecule is CCN(C(=O)c1c2c(nn1C)CCN(C(=O)OC(C)(C)C)C2)C1CCS(=O)(=O)C1. The summed E-state index contributed by atoms with van der Waals surface area (Å²) >= 11 is 0. The van der Waals surface area contributed by atoms with Crippen LogP contribution in [-0.4, -0.2) is 76.2 Å². The number of aromatic nitrogens is 2. The van der Waals surface area contributed by atoms with Crippen molar-refractivity contribution in [3.63, 3.8) is 0 Å². The van der Waals surface area contributed by atoms with Crippen LogP contribution < -0.4 is 0 Å². The van der Waals surface area contributed by atoms with E-state index in [1.165, 1.54) is 0 Å². The molecule has 1 saturated heterocycles. The van der Waals surface area contributed by atoms with E-state index in [0.717, 1.165) is 5.69 Å². The first-order valence-corrected chi connectivity index (χ1v) is 11.8. The highest BCUT2D eigenvalue weighted by molar-refractivity contribution is 7.91.